The number of benzene rings is 2. The molecule has 170 valence electrons. The fraction of sp³-hybridized carbons (Fsp3) is 0.200. The minimum Gasteiger partial charge on any atom is -0.293 e. The summed E-state index contributed by atoms with van der Waals surface area (Å²) in [6.07, 6.45) is 9.22. The summed E-state index contributed by atoms with van der Waals surface area (Å²) in [6, 6.07) is 13.2. The number of rotatable bonds is 4. The number of imidazole rings is 1. The zero-order chi connectivity index (χ0) is 23.7. The van der Waals surface area contributed by atoms with E-state index in [2.05, 4.69) is 15.0 Å². The number of hydrogen-bond donors (Lipinski definition) is 0. The molecule has 3 heterocycles. The standard InChI is InChI=1S/C25H21N5O3S/c1-29-22-14-28-21-8-3-16(17-12-26-15-27-13-17)11-20(21)23(22)30(24(29)31)19-6-4-18(5-7-19)25(9-10-25)34(2,32)33/h3-8,11-15H,9-10H2,1-2H3. The van der Waals surface area contributed by atoms with E-state index in [9.17, 15) is 13.2 Å². The van der Waals surface area contributed by atoms with E-state index in [1.165, 1.54) is 12.6 Å². The van der Waals surface area contributed by atoms with E-state index in [4.69, 9.17) is 0 Å². The molecule has 0 atom stereocenters. The second-order valence-electron chi connectivity index (χ2n) is 8.84. The van der Waals surface area contributed by atoms with Crippen LogP contribution in [0.25, 0.3) is 38.8 Å². The maximum atomic E-state index is 13.3. The molecule has 1 aliphatic carbocycles. The lowest BCUT2D eigenvalue weighted by Gasteiger charge is -2.14. The summed E-state index contributed by atoms with van der Waals surface area (Å²) in [5.41, 5.74) is 5.24. The highest BCUT2D eigenvalue weighted by Crippen LogP contribution is 2.52. The minimum absolute atomic E-state index is 0.199. The van der Waals surface area contributed by atoms with Gasteiger partial charge in [-0.2, -0.15) is 0 Å². The molecule has 0 amide bonds. The van der Waals surface area contributed by atoms with Crippen LogP contribution in [0.4, 0.5) is 0 Å². The summed E-state index contributed by atoms with van der Waals surface area (Å²) in [5.74, 6) is 0. The lowest BCUT2D eigenvalue weighted by Crippen LogP contribution is -2.21. The number of sulfone groups is 1. The molecule has 34 heavy (non-hydrogen) atoms. The molecule has 0 radical (unpaired) electrons. The van der Waals surface area contributed by atoms with Gasteiger partial charge in [0.05, 0.1) is 33.2 Å². The van der Waals surface area contributed by atoms with Crippen LogP contribution in [0.15, 0.2) is 72.2 Å². The average molecular weight is 472 g/mol. The van der Waals surface area contributed by atoms with Crippen LogP contribution in [0.2, 0.25) is 0 Å². The zero-order valence-corrected chi connectivity index (χ0v) is 19.5. The second-order valence-corrected chi connectivity index (χ2v) is 11.2. The van der Waals surface area contributed by atoms with Gasteiger partial charge in [0.1, 0.15) is 6.33 Å². The smallest absolute Gasteiger partial charge is 0.293 e. The molecule has 5 aromatic rings. The van der Waals surface area contributed by atoms with Gasteiger partial charge < -0.3 is 0 Å². The summed E-state index contributed by atoms with van der Waals surface area (Å²) in [4.78, 5) is 26.1. The molecule has 2 aromatic carbocycles. The predicted octanol–water partition coefficient (Wildman–Crippen LogP) is 3.37. The SMILES string of the molecule is Cn1c(=O)n(-c2ccc(C3(S(C)(=O)=O)CC3)cc2)c2c3cc(-c4cncnc4)ccc3ncc21. The summed E-state index contributed by atoms with van der Waals surface area (Å²) in [6.45, 7) is 0. The molecule has 0 bridgehead atoms. The monoisotopic (exact) mass is 471 g/mol. The Bertz CT molecular complexity index is 1750. The van der Waals surface area contributed by atoms with Crippen molar-refractivity contribution in [3.63, 3.8) is 0 Å². The van der Waals surface area contributed by atoms with Gasteiger partial charge in [0.15, 0.2) is 9.84 Å². The number of aromatic nitrogens is 5. The largest absolute Gasteiger partial charge is 0.333 e. The second kappa shape index (κ2) is 7.07. The summed E-state index contributed by atoms with van der Waals surface area (Å²) < 4.78 is 27.1. The Morgan fingerprint density at radius 3 is 2.29 bits per heavy atom. The number of aryl methyl sites for hydroxylation is 1. The number of pyridine rings is 1. The lowest BCUT2D eigenvalue weighted by molar-refractivity contribution is 0.586. The van der Waals surface area contributed by atoms with Gasteiger partial charge in [-0.25, -0.2) is 23.2 Å². The van der Waals surface area contributed by atoms with E-state index < -0.39 is 14.6 Å². The van der Waals surface area contributed by atoms with Crippen LogP contribution in [0.5, 0.6) is 0 Å². The highest BCUT2D eigenvalue weighted by molar-refractivity contribution is 7.92. The molecule has 0 saturated heterocycles. The van der Waals surface area contributed by atoms with Gasteiger partial charge in [0, 0.05) is 36.6 Å². The van der Waals surface area contributed by atoms with Gasteiger partial charge in [0.2, 0.25) is 0 Å². The fourth-order valence-electron chi connectivity index (χ4n) is 4.77. The Morgan fingerprint density at radius 1 is 0.941 bits per heavy atom. The van der Waals surface area contributed by atoms with Crippen LogP contribution >= 0.6 is 0 Å². The van der Waals surface area contributed by atoms with Crippen molar-refractivity contribution < 1.29 is 8.42 Å². The molecule has 1 aliphatic rings. The van der Waals surface area contributed by atoms with Crippen LogP contribution in [0, 0.1) is 0 Å². The Kier molecular flexibility index (Phi) is 4.31. The van der Waals surface area contributed by atoms with E-state index >= 15 is 0 Å². The fourth-order valence-corrected chi connectivity index (χ4v) is 6.17. The quantitative estimate of drug-likeness (QED) is 0.398. The Labute approximate surface area is 195 Å². The molecule has 8 nitrogen and oxygen atoms in total. The van der Waals surface area contributed by atoms with Crippen molar-refractivity contribution in [2.45, 2.75) is 17.6 Å². The van der Waals surface area contributed by atoms with Gasteiger partial charge in [-0.05, 0) is 48.2 Å². The van der Waals surface area contributed by atoms with Crippen molar-refractivity contribution in [2.24, 2.45) is 7.05 Å². The molecule has 3 aromatic heterocycles. The molecule has 0 N–H and O–H groups in total. The molecular weight excluding hydrogens is 450 g/mol. The Morgan fingerprint density at radius 2 is 1.65 bits per heavy atom. The number of nitrogens with zero attached hydrogens (tertiary/aromatic N) is 5. The van der Waals surface area contributed by atoms with E-state index in [-0.39, 0.29) is 5.69 Å². The highest BCUT2D eigenvalue weighted by atomic mass is 32.2. The molecule has 6 rings (SSSR count). The average Bonchev–Trinajstić information content (AvgIpc) is 3.63. The normalized spacial score (nSPS) is 15.1. The van der Waals surface area contributed by atoms with Crippen molar-refractivity contribution in [2.75, 3.05) is 6.26 Å². The van der Waals surface area contributed by atoms with Crippen molar-refractivity contribution in [1.29, 1.82) is 0 Å². The first kappa shape index (κ1) is 20.7. The maximum Gasteiger partial charge on any atom is 0.333 e. The van der Waals surface area contributed by atoms with Crippen molar-refractivity contribution >= 4 is 31.8 Å². The molecule has 9 heteroatoms. The summed E-state index contributed by atoms with van der Waals surface area (Å²) in [7, 11) is -1.49. The molecule has 1 fully saturated rings. The minimum atomic E-state index is -3.21. The van der Waals surface area contributed by atoms with Gasteiger partial charge in [-0.3, -0.25) is 14.1 Å². The maximum absolute atomic E-state index is 13.3. The lowest BCUT2D eigenvalue weighted by atomic mass is 10.1. The third-order valence-electron chi connectivity index (χ3n) is 6.84. The summed E-state index contributed by atoms with van der Waals surface area (Å²) in [5, 5.41) is 0.829. The van der Waals surface area contributed by atoms with Crippen LogP contribution in [0.1, 0.15) is 18.4 Å². The van der Waals surface area contributed by atoms with Crippen LogP contribution in [0.3, 0.4) is 0 Å². The Balaban J connectivity index is 1.58. The van der Waals surface area contributed by atoms with Gasteiger partial charge in [0.25, 0.3) is 0 Å². The van der Waals surface area contributed by atoms with E-state index in [1.54, 1.807) is 34.8 Å². The molecule has 0 aliphatic heterocycles. The number of fused-ring (bicyclic) bond motifs is 3. The molecular formula is C25H21N5O3S. The van der Waals surface area contributed by atoms with E-state index in [1.807, 2.05) is 42.5 Å². The van der Waals surface area contributed by atoms with Gasteiger partial charge in [-0.1, -0.05) is 18.2 Å². The zero-order valence-electron chi connectivity index (χ0n) is 18.6. The first-order chi connectivity index (χ1) is 16.3. The van der Waals surface area contributed by atoms with Crippen LogP contribution in [-0.4, -0.2) is 38.8 Å². The van der Waals surface area contributed by atoms with Gasteiger partial charge >= 0.3 is 5.69 Å². The number of hydrogen-bond acceptors (Lipinski definition) is 6. The van der Waals surface area contributed by atoms with E-state index in [0.29, 0.717) is 24.0 Å². The first-order valence-corrected chi connectivity index (χ1v) is 12.8. The third-order valence-corrected chi connectivity index (χ3v) is 8.91. The Hall–Kier alpha value is -3.85. The van der Waals surface area contributed by atoms with Crippen molar-refractivity contribution in [3.8, 4) is 16.8 Å². The van der Waals surface area contributed by atoms with Crippen LogP contribution in [-0.2, 0) is 21.6 Å². The molecule has 1 saturated carbocycles. The van der Waals surface area contributed by atoms with Crippen LogP contribution < -0.4 is 5.69 Å². The molecule has 0 spiro atoms. The predicted molar refractivity (Wildman–Crippen MR) is 131 cm³/mol. The van der Waals surface area contributed by atoms with Crippen molar-refractivity contribution in [3.05, 3.63) is 83.4 Å². The summed E-state index contributed by atoms with van der Waals surface area (Å²) >= 11 is 0. The first-order valence-electron chi connectivity index (χ1n) is 10.9. The third kappa shape index (κ3) is 2.93. The molecule has 0 unspecified atom stereocenters. The van der Waals surface area contributed by atoms with E-state index in [0.717, 1.165) is 33.1 Å². The topological polar surface area (TPSA) is 99.7 Å². The highest BCUT2D eigenvalue weighted by Gasteiger charge is 2.53. The van der Waals surface area contributed by atoms with Gasteiger partial charge in [-0.15, -0.1) is 0 Å². The van der Waals surface area contributed by atoms with Crippen molar-refractivity contribution in [1.82, 2.24) is 24.1 Å².